The lowest BCUT2D eigenvalue weighted by atomic mass is 9.91. The van der Waals surface area contributed by atoms with E-state index in [4.69, 9.17) is 0 Å². The lowest BCUT2D eigenvalue weighted by Gasteiger charge is -2.23. The van der Waals surface area contributed by atoms with Crippen LogP contribution < -0.4 is 15.5 Å². The van der Waals surface area contributed by atoms with Crippen LogP contribution in [0.3, 0.4) is 0 Å². The molecule has 3 N–H and O–H groups in total. The van der Waals surface area contributed by atoms with Crippen molar-refractivity contribution >= 4 is 40.3 Å². The number of carbonyl (C=O) groups is 2. The number of aliphatic hydroxyl groups is 1. The molecule has 36 heavy (non-hydrogen) atoms. The summed E-state index contributed by atoms with van der Waals surface area (Å²) in [5.41, 5.74) is 2.51. The van der Waals surface area contributed by atoms with E-state index in [2.05, 4.69) is 21.7 Å². The highest BCUT2D eigenvalue weighted by Gasteiger charge is 2.23. The van der Waals surface area contributed by atoms with Gasteiger partial charge in [-0.1, -0.05) is 26.8 Å². The zero-order chi connectivity index (χ0) is 26.8. The number of imidazole rings is 1. The number of rotatable bonds is 6. The molecule has 0 bridgehead atoms. The largest absolute Gasteiger partial charge is 0.389 e. The molecule has 9 heteroatoms. The first-order valence-corrected chi connectivity index (χ1v) is 11.7. The number of nitriles is 1. The first-order valence-electron chi connectivity index (χ1n) is 11.7. The monoisotopic (exact) mass is 490 g/mol. The van der Waals surface area contributed by atoms with Gasteiger partial charge in [0.1, 0.15) is 0 Å². The average Bonchev–Trinajstić information content (AvgIpc) is 3.07. The van der Waals surface area contributed by atoms with Gasteiger partial charge in [0, 0.05) is 24.8 Å². The fourth-order valence-electron chi connectivity index (χ4n) is 3.77. The molecule has 0 aliphatic rings. The van der Waals surface area contributed by atoms with Crippen molar-refractivity contribution in [3.8, 4) is 6.07 Å². The maximum atomic E-state index is 12.8. The minimum absolute atomic E-state index is 0.00895. The lowest BCUT2D eigenvalue weighted by Crippen LogP contribution is -2.29. The van der Waals surface area contributed by atoms with E-state index in [-0.39, 0.29) is 23.8 Å². The van der Waals surface area contributed by atoms with Crippen molar-refractivity contribution in [1.29, 1.82) is 5.26 Å². The van der Waals surface area contributed by atoms with Gasteiger partial charge in [0.2, 0.25) is 11.9 Å². The SMILES string of the molecule is Cc1ccc(NC(=O)Nc2nc3cc(N(C)C(=O)CC(C)(C)C)ccc3n2CC(C)(C)O)cc1C#N. The fourth-order valence-corrected chi connectivity index (χ4v) is 3.77. The van der Waals surface area contributed by atoms with E-state index in [1.54, 1.807) is 54.6 Å². The quantitative estimate of drug-likeness (QED) is 0.447. The van der Waals surface area contributed by atoms with Gasteiger partial charge in [-0.25, -0.2) is 9.78 Å². The Bertz CT molecular complexity index is 1340. The Morgan fingerprint density at radius 1 is 1.11 bits per heavy atom. The van der Waals surface area contributed by atoms with E-state index in [0.29, 0.717) is 34.4 Å². The number of anilines is 3. The minimum Gasteiger partial charge on any atom is -0.389 e. The molecule has 0 aliphatic carbocycles. The second kappa shape index (κ2) is 9.99. The molecule has 0 unspecified atom stereocenters. The summed E-state index contributed by atoms with van der Waals surface area (Å²) in [4.78, 5) is 31.7. The van der Waals surface area contributed by atoms with Gasteiger partial charge >= 0.3 is 6.03 Å². The van der Waals surface area contributed by atoms with Gasteiger partial charge in [0.05, 0.1) is 34.8 Å². The summed E-state index contributed by atoms with van der Waals surface area (Å²) < 4.78 is 1.73. The van der Waals surface area contributed by atoms with Gasteiger partial charge in [-0.2, -0.15) is 5.26 Å². The van der Waals surface area contributed by atoms with Gasteiger partial charge in [0.25, 0.3) is 0 Å². The number of fused-ring (bicyclic) bond motifs is 1. The van der Waals surface area contributed by atoms with Gasteiger partial charge in [-0.3, -0.25) is 10.1 Å². The van der Waals surface area contributed by atoms with Crippen LogP contribution in [-0.2, 0) is 11.3 Å². The van der Waals surface area contributed by atoms with Crippen molar-refractivity contribution in [1.82, 2.24) is 9.55 Å². The van der Waals surface area contributed by atoms with Crippen LogP contribution in [0.2, 0.25) is 0 Å². The second-order valence-electron chi connectivity index (χ2n) is 10.9. The molecule has 0 spiro atoms. The van der Waals surface area contributed by atoms with E-state index in [0.717, 1.165) is 5.56 Å². The predicted octanol–water partition coefficient (Wildman–Crippen LogP) is 5.03. The van der Waals surface area contributed by atoms with E-state index in [1.807, 2.05) is 39.8 Å². The first-order chi connectivity index (χ1) is 16.7. The van der Waals surface area contributed by atoms with Crippen LogP contribution in [0.4, 0.5) is 22.1 Å². The number of aromatic nitrogens is 2. The number of carbonyl (C=O) groups excluding carboxylic acids is 2. The highest BCUT2D eigenvalue weighted by Crippen LogP contribution is 2.28. The van der Waals surface area contributed by atoms with Crippen molar-refractivity contribution < 1.29 is 14.7 Å². The van der Waals surface area contributed by atoms with E-state index < -0.39 is 11.6 Å². The molecule has 2 aromatic carbocycles. The molecule has 0 aliphatic heterocycles. The predicted molar refractivity (Wildman–Crippen MR) is 142 cm³/mol. The molecule has 0 fully saturated rings. The minimum atomic E-state index is -1.07. The highest BCUT2D eigenvalue weighted by atomic mass is 16.3. The van der Waals surface area contributed by atoms with Crippen LogP contribution in [0, 0.1) is 23.7 Å². The van der Waals surface area contributed by atoms with E-state index in [1.165, 1.54) is 0 Å². The molecule has 3 rings (SSSR count). The number of nitrogens with one attached hydrogen (secondary N) is 2. The van der Waals surface area contributed by atoms with E-state index in [9.17, 15) is 20.0 Å². The van der Waals surface area contributed by atoms with Gasteiger partial charge < -0.3 is 19.9 Å². The molecule has 3 aromatic rings. The van der Waals surface area contributed by atoms with Gasteiger partial charge in [-0.05, 0) is 62.1 Å². The normalized spacial score (nSPS) is 11.8. The van der Waals surface area contributed by atoms with Crippen LogP contribution in [0.15, 0.2) is 36.4 Å². The third kappa shape index (κ3) is 6.61. The third-order valence-corrected chi connectivity index (χ3v) is 5.56. The standard InChI is InChI=1S/C27H34N6O3/c1-17-8-9-19(12-18(17)15-28)29-25(35)31-24-30-21-13-20(32(7)23(34)14-26(2,3)4)10-11-22(21)33(24)16-27(5,6)36/h8-13,36H,14,16H2,1-7H3,(H2,29,30,31,35). The lowest BCUT2D eigenvalue weighted by molar-refractivity contribution is -0.120. The van der Waals surface area contributed by atoms with Crippen molar-refractivity contribution in [3.05, 3.63) is 47.5 Å². The second-order valence-corrected chi connectivity index (χ2v) is 10.9. The smallest absolute Gasteiger partial charge is 0.326 e. The highest BCUT2D eigenvalue weighted by molar-refractivity contribution is 6.00. The Hall–Kier alpha value is -3.90. The Labute approximate surface area is 211 Å². The number of aryl methyl sites for hydroxylation is 1. The Kier molecular flexibility index (Phi) is 7.41. The number of hydrogen-bond acceptors (Lipinski definition) is 5. The molecular weight excluding hydrogens is 456 g/mol. The Morgan fingerprint density at radius 3 is 2.42 bits per heavy atom. The molecule has 1 heterocycles. The summed E-state index contributed by atoms with van der Waals surface area (Å²) >= 11 is 0. The summed E-state index contributed by atoms with van der Waals surface area (Å²) in [5, 5.41) is 25.2. The van der Waals surface area contributed by atoms with Gasteiger partial charge in [0.15, 0.2) is 0 Å². The third-order valence-electron chi connectivity index (χ3n) is 5.56. The topological polar surface area (TPSA) is 123 Å². The Balaban J connectivity index is 1.92. The number of benzene rings is 2. The number of amides is 3. The molecule has 9 nitrogen and oxygen atoms in total. The summed E-state index contributed by atoms with van der Waals surface area (Å²) in [6.45, 7) is 11.4. The number of urea groups is 1. The molecule has 0 saturated carbocycles. The Morgan fingerprint density at radius 2 is 1.81 bits per heavy atom. The maximum absolute atomic E-state index is 12.8. The van der Waals surface area contributed by atoms with Gasteiger partial charge in [-0.15, -0.1) is 0 Å². The van der Waals surface area contributed by atoms with Crippen molar-refractivity contribution in [2.75, 3.05) is 22.6 Å². The summed E-state index contributed by atoms with van der Waals surface area (Å²) in [6, 6.07) is 12.1. The molecule has 0 saturated heterocycles. The van der Waals surface area contributed by atoms with Crippen LogP contribution in [-0.4, -0.2) is 39.2 Å². The fraction of sp³-hybridized carbons (Fsp3) is 0.407. The van der Waals surface area contributed by atoms with Crippen LogP contribution in [0.25, 0.3) is 11.0 Å². The summed E-state index contributed by atoms with van der Waals surface area (Å²) in [6.07, 6.45) is 0.397. The average molecular weight is 491 g/mol. The van der Waals surface area contributed by atoms with Crippen molar-refractivity contribution in [3.63, 3.8) is 0 Å². The van der Waals surface area contributed by atoms with Crippen LogP contribution in [0.5, 0.6) is 0 Å². The number of hydrogen-bond donors (Lipinski definition) is 3. The van der Waals surface area contributed by atoms with Crippen LogP contribution >= 0.6 is 0 Å². The van der Waals surface area contributed by atoms with Crippen molar-refractivity contribution in [2.45, 2.75) is 60.1 Å². The first kappa shape index (κ1) is 26.7. The summed E-state index contributed by atoms with van der Waals surface area (Å²) in [5.74, 6) is 0.239. The molecule has 0 atom stereocenters. The molecule has 0 radical (unpaired) electrons. The zero-order valence-corrected chi connectivity index (χ0v) is 21.9. The molecule has 190 valence electrons. The van der Waals surface area contributed by atoms with E-state index >= 15 is 0 Å². The zero-order valence-electron chi connectivity index (χ0n) is 21.9. The number of nitrogens with zero attached hydrogens (tertiary/aromatic N) is 4. The molecular formula is C27H34N6O3. The molecule has 3 amide bonds. The maximum Gasteiger partial charge on any atom is 0.326 e. The van der Waals surface area contributed by atoms with Crippen LogP contribution in [0.1, 0.15) is 52.2 Å². The summed E-state index contributed by atoms with van der Waals surface area (Å²) in [7, 11) is 1.73. The molecule has 1 aromatic heterocycles. The van der Waals surface area contributed by atoms with Crippen molar-refractivity contribution in [2.24, 2.45) is 5.41 Å².